The predicted octanol–water partition coefficient (Wildman–Crippen LogP) is 4.17. The van der Waals surface area contributed by atoms with Gasteiger partial charge in [0, 0.05) is 36.6 Å². The standard InChI is InChI=1S/C21H31ClN2O3S/c1-21(2,3)15-18-5-4-12-24(18)20(25)16-10-13-23(14-11-16)28(26,27)19-8-6-17(22)7-9-19/h6-9,16,18H,4-5,10-15H2,1-3H3. The summed E-state index contributed by atoms with van der Waals surface area (Å²) in [5.74, 6) is 0.146. The number of carbonyl (C=O) groups is 1. The molecule has 5 nitrogen and oxygen atoms in total. The molecule has 2 fully saturated rings. The zero-order valence-corrected chi connectivity index (χ0v) is 18.6. The van der Waals surface area contributed by atoms with Gasteiger partial charge in [0.1, 0.15) is 0 Å². The Balaban J connectivity index is 1.62. The molecular weight excluding hydrogens is 396 g/mol. The fourth-order valence-corrected chi connectivity index (χ4v) is 5.97. The third-order valence-corrected chi connectivity index (χ3v) is 7.93. The normalized spacial score (nSPS) is 22.6. The number of likely N-dealkylation sites (tertiary alicyclic amines) is 1. The van der Waals surface area contributed by atoms with Gasteiger partial charge in [0.05, 0.1) is 4.90 Å². The van der Waals surface area contributed by atoms with Crippen molar-refractivity contribution in [3.63, 3.8) is 0 Å². The summed E-state index contributed by atoms with van der Waals surface area (Å²) < 4.78 is 27.2. The summed E-state index contributed by atoms with van der Waals surface area (Å²) in [5, 5.41) is 0.513. The lowest BCUT2D eigenvalue weighted by atomic mass is 9.86. The molecule has 2 saturated heterocycles. The van der Waals surface area contributed by atoms with Crippen LogP contribution in [0.15, 0.2) is 29.2 Å². The van der Waals surface area contributed by atoms with Crippen LogP contribution in [0.1, 0.15) is 52.9 Å². The van der Waals surface area contributed by atoms with E-state index in [-0.39, 0.29) is 22.1 Å². The molecule has 0 saturated carbocycles. The zero-order valence-electron chi connectivity index (χ0n) is 17.0. The smallest absolute Gasteiger partial charge is 0.243 e. The number of amides is 1. The highest BCUT2D eigenvalue weighted by Gasteiger charge is 2.38. The molecule has 0 aromatic heterocycles. The van der Waals surface area contributed by atoms with Crippen molar-refractivity contribution >= 4 is 27.5 Å². The number of halogens is 1. The van der Waals surface area contributed by atoms with Gasteiger partial charge in [-0.1, -0.05) is 32.4 Å². The molecule has 7 heteroatoms. The molecule has 156 valence electrons. The number of nitrogens with zero attached hydrogens (tertiary/aromatic N) is 2. The molecule has 0 aliphatic carbocycles. The molecule has 28 heavy (non-hydrogen) atoms. The van der Waals surface area contributed by atoms with Gasteiger partial charge in [0.25, 0.3) is 0 Å². The molecule has 1 atom stereocenters. The zero-order chi connectivity index (χ0) is 20.5. The number of carbonyl (C=O) groups excluding carboxylic acids is 1. The summed E-state index contributed by atoms with van der Waals surface area (Å²) >= 11 is 5.86. The molecule has 2 aliphatic heterocycles. The Kier molecular flexibility index (Phi) is 6.42. The Labute approximate surface area is 174 Å². The highest BCUT2D eigenvalue weighted by atomic mass is 35.5. The van der Waals surface area contributed by atoms with Crippen LogP contribution in [0.25, 0.3) is 0 Å². The predicted molar refractivity (Wildman–Crippen MR) is 112 cm³/mol. The minimum atomic E-state index is -3.53. The van der Waals surface area contributed by atoms with Crippen molar-refractivity contribution in [3.8, 4) is 0 Å². The van der Waals surface area contributed by atoms with Crippen molar-refractivity contribution in [1.82, 2.24) is 9.21 Å². The van der Waals surface area contributed by atoms with E-state index in [9.17, 15) is 13.2 Å². The lowest BCUT2D eigenvalue weighted by molar-refractivity contribution is -0.138. The summed E-state index contributed by atoms with van der Waals surface area (Å²) in [6, 6.07) is 6.58. The number of benzene rings is 1. The molecular formula is C21H31ClN2O3S. The molecule has 0 radical (unpaired) electrons. The van der Waals surface area contributed by atoms with E-state index >= 15 is 0 Å². The van der Waals surface area contributed by atoms with Crippen LogP contribution in [-0.2, 0) is 14.8 Å². The topological polar surface area (TPSA) is 57.7 Å². The Bertz CT molecular complexity index is 794. The van der Waals surface area contributed by atoms with Crippen molar-refractivity contribution in [3.05, 3.63) is 29.3 Å². The SMILES string of the molecule is CC(C)(C)CC1CCCN1C(=O)C1CCN(S(=O)(=O)c2ccc(Cl)cc2)CC1. The second-order valence-corrected chi connectivity index (χ2v) is 11.6. The summed E-state index contributed by atoms with van der Waals surface area (Å²) in [6.45, 7) is 8.26. The van der Waals surface area contributed by atoms with Crippen LogP contribution in [0.2, 0.25) is 5.02 Å². The molecule has 2 heterocycles. The van der Waals surface area contributed by atoms with Crippen LogP contribution in [0, 0.1) is 11.3 Å². The Morgan fingerprint density at radius 1 is 1.07 bits per heavy atom. The summed E-state index contributed by atoms with van der Waals surface area (Å²) in [7, 11) is -3.53. The van der Waals surface area contributed by atoms with Crippen LogP contribution in [0.3, 0.4) is 0 Å². The number of rotatable bonds is 4. The fraction of sp³-hybridized carbons (Fsp3) is 0.667. The monoisotopic (exact) mass is 426 g/mol. The van der Waals surface area contributed by atoms with Crippen molar-refractivity contribution in [2.45, 2.75) is 63.8 Å². The maximum Gasteiger partial charge on any atom is 0.243 e. The molecule has 3 rings (SSSR count). The average molecular weight is 427 g/mol. The lowest BCUT2D eigenvalue weighted by Gasteiger charge is -2.36. The molecule has 2 aliphatic rings. The minimum Gasteiger partial charge on any atom is -0.339 e. The summed E-state index contributed by atoms with van der Waals surface area (Å²) in [6.07, 6.45) is 4.33. The van der Waals surface area contributed by atoms with Crippen molar-refractivity contribution in [2.24, 2.45) is 11.3 Å². The van der Waals surface area contributed by atoms with Crippen LogP contribution in [0.4, 0.5) is 0 Å². The number of hydrogen-bond acceptors (Lipinski definition) is 3. The Morgan fingerprint density at radius 3 is 2.25 bits per heavy atom. The van der Waals surface area contributed by atoms with Crippen LogP contribution in [-0.4, -0.2) is 49.2 Å². The van der Waals surface area contributed by atoms with E-state index in [1.54, 1.807) is 12.1 Å². The molecule has 1 unspecified atom stereocenters. The van der Waals surface area contributed by atoms with Gasteiger partial charge in [-0.15, -0.1) is 0 Å². The quantitative estimate of drug-likeness (QED) is 0.726. The van der Waals surface area contributed by atoms with Gasteiger partial charge in [0.2, 0.25) is 15.9 Å². The first-order chi connectivity index (χ1) is 13.1. The van der Waals surface area contributed by atoms with Crippen molar-refractivity contribution in [2.75, 3.05) is 19.6 Å². The van der Waals surface area contributed by atoms with Crippen molar-refractivity contribution in [1.29, 1.82) is 0 Å². The maximum absolute atomic E-state index is 13.1. The minimum absolute atomic E-state index is 0.0720. The van der Waals surface area contributed by atoms with Gasteiger partial charge in [-0.3, -0.25) is 4.79 Å². The van der Waals surface area contributed by atoms with E-state index in [4.69, 9.17) is 11.6 Å². The maximum atomic E-state index is 13.1. The van der Waals surface area contributed by atoms with E-state index in [0.29, 0.717) is 37.0 Å². The van der Waals surface area contributed by atoms with Crippen LogP contribution >= 0.6 is 11.6 Å². The van der Waals surface area contributed by atoms with E-state index in [1.165, 1.54) is 16.4 Å². The highest BCUT2D eigenvalue weighted by Crippen LogP contribution is 2.33. The first-order valence-electron chi connectivity index (χ1n) is 10.1. The number of hydrogen-bond donors (Lipinski definition) is 0. The van der Waals surface area contributed by atoms with Gasteiger partial charge >= 0.3 is 0 Å². The Morgan fingerprint density at radius 2 is 1.68 bits per heavy atom. The van der Waals surface area contributed by atoms with Crippen LogP contribution in [0.5, 0.6) is 0 Å². The van der Waals surface area contributed by atoms with Crippen molar-refractivity contribution < 1.29 is 13.2 Å². The summed E-state index contributed by atoms with van der Waals surface area (Å²) in [4.78, 5) is 15.4. The largest absolute Gasteiger partial charge is 0.339 e. The van der Waals surface area contributed by atoms with Gasteiger partial charge in [-0.25, -0.2) is 8.42 Å². The molecule has 1 amide bonds. The molecule has 0 bridgehead atoms. The lowest BCUT2D eigenvalue weighted by Crippen LogP contribution is -2.46. The highest BCUT2D eigenvalue weighted by molar-refractivity contribution is 7.89. The van der Waals surface area contributed by atoms with Gasteiger partial charge < -0.3 is 4.90 Å². The summed E-state index contributed by atoms with van der Waals surface area (Å²) in [5.41, 5.74) is 0.198. The van der Waals surface area contributed by atoms with E-state index in [1.807, 2.05) is 0 Å². The van der Waals surface area contributed by atoms with Crippen LogP contribution < -0.4 is 0 Å². The third-order valence-electron chi connectivity index (χ3n) is 5.76. The molecule has 0 N–H and O–H groups in total. The van der Waals surface area contributed by atoms with Gasteiger partial charge in [-0.05, 0) is 61.8 Å². The molecule has 0 spiro atoms. The fourth-order valence-electron chi connectivity index (χ4n) is 4.38. The Hall–Kier alpha value is -1.11. The van der Waals surface area contributed by atoms with E-state index in [2.05, 4.69) is 25.7 Å². The van der Waals surface area contributed by atoms with Gasteiger partial charge in [0.15, 0.2) is 0 Å². The third kappa shape index (κ3) is 4.89. The van der Waals surface area contributed by atoms with E-state index < -0.39 is 10.0 Å². The average Bonchev–Trinajstić information content (AvgIpc) is 3.07. The molecule has 1 aromatic rings. The second kappa shape index (κ2) is 8.33. The number of sulfonamides is 1. The number of piperidine rings is 1. The molecule has 1 aromatic carbocycles. The van der Waals surface area contributed by atoms with E-state index in [0.717, 1.165) is 25.8 Å². The van der Waals surface area contributed by atoms with Gasteiger partial charge in [-0.2, -0.15) is 4.31 Å². The second-order valence-electron chi connectivity index (χ2n) is 9.22. The first kappa shape index (κ1) is 21.6. The first-order valence-corrected chi connectivity index (χ1v) is 12.0.